The topological polar surface area (TPSA) is 91.4 Å². The van der Waals surface area contributed by atoms with E-state index >= 15 is 0 Å². The molecule has 0 atom stereocenters. The van der Waals surface area contributed by atoms with Gasteiger partial charge in [-0.3, -0.25) is 9.48 Å². The number of hydrogen-bond acceptors (Lipinski definition) is 5. The number of aryl methyl sites for hydroxylation is 1. The van der Waals surface area contributed by atoms with E-state index in [0.717, 1.165) is 5.56 Å². The molecular weight excluding hydrogens is 332 g/mol. The molecule has 0 saturated heterocycles. The Morgan fingerprint density at radius 1 is 1.15 bits per heavy atom. The van der Waals surface area contributed by atoms with Gasteiger partial charge < -0.3 is 20.5 Å². The average Bonchev–Trinajstić information content (AvgIpc) is 3.00. The lowest BCUT2D eigenvalue weighted by atomic mass is 10.2. The lowest BCUT2D eigenvalue weighted by molar-refractivity contribution is 0.0952. The summed E-state index contributed by atoms with van der Waals surface area (Å²) in [7, 11) is 3.29. The van der Waals surface area contributed by atoms with E-state index in [2.05, 4.69) is 10.4 Å². The Hall–Kier alpha value is -3.48. The van der Waals surface area contributed by atoms with E-state index in [9.17, 15) is 4.79 Å². The van der Waals surface area contributed by atoms with Gasteiger partial charge in [-0.15, -0.1) is 0 Å². The molecule has 3 rings (SSSR count). The number of anilines is 1. The van der Waals surface area contributed by atoms with E-state index < -0.39 is 0 Å². The van der Waals surface area contributed by atoms with Gasteiger partial charge in [0.15, 0.2) is 11.5 Å². The molecule has 0 fully saturated rings. The minimum absolute atomic E-state index is 0.259. The number of aromatic nitrogens is 2. The van der Waals surface area contributed by atoms with Gasteiger partial charge in [-0.2, -0.15) is 5.10 Å². The number of rotatable bonds is 6. The van der Waals surface area contributed by atoms with Crippen LogP contribution in [0.15, 0.2) is 54.7 Å². The Bertz CT molecular complexity index is 903. The monoisotopic (exact) mass is 352 g/mol. The summed E-state index contributed by atoms with van der Waals surface area (Å²) in [5.74, 6) is 2.06. The number of carbonyl (C=O) groups excluding carboxylic acids is 1. The minimum atomic E-state index is -0.259. The van der Waals surface area contributed by atoms with Gasteiger partial charge in [0, 0.05) is 13.6 Å². The first-order valence-corrected chi connectivity index (χ1v) is 8.04. The zero-order chi connectivity index (χ0) is 18.5. The third kappa shape index (κ3) is 3.77. The second-order valence-corrected chi connectivity index (χ2v) is 5.65. The molecule has 7 nitrogen and oxygen atoms in total. The third-order valence-corrected chi connectivity index (χ3v) is 3.90. The lowest BCUT2D eigenvalue weighted by Gasteiger charge is -2.10. The van der Waals surface area contributed by atoms with Crippen LogP contribution in [0.2, 0.25) is 0 Å². The summed E-state index contributed by atoms with van der Waals surface area (Å²) in [5, 5.41) is 6.79. The van der Waals surface area contributed by atoms with Crippen molar-refractivity contribution < 1.29 is 14.3 Å². The van der Waals surface area contributed by atoms with Gasteiger partial charge in [-0.05, 0) is 29.8 Å². The first kappa shape index (κ1) is 17.3. The smallest absolute Gasteiger partial charge is 0.256 e. The van der Waals surface area contributed by atoms with Gasteiger partial charge in [-0.1, -0.05) is 24.3 Å². The highest BCUT2D eigenvalue weighted by atomic mass is 16.5. The number of nitrogens with zero attached hydrogens (tertiary/aromatic N) is 2. The number of carbonyl (C=O) groups is 1. The maximum Gasteiger partial charge on any atom is 0.256 e. The summed E-state index contributed by atoms with van der Waals surface area (Å²) >= 11 is 0. The van der Waals surface area contributed by atoms with Crippen molar-refractivity contribution in [1.29, 1.82) is 0 Å². The van der Waals surface area contributed by atoms with Gasteiger partial charge in [0.1, 0.15) is 17.1 Å². The minimum Gasteiger partial charge on any atom is -0.493 e. The van der Waals surface area contributed by atoms with Crippen molar-refractivity contribution in [2.75, 3.05) is 12.8 Å². The van der Waals surface area contributed by atoms with Crippen molar-refractivity contribution in [2.24, 2.45) is 7.05 Å². The third-order valence-electron chi connectivity index (χ3n) is 3.90. The van der Waals surface area contributed by atoms with E-state index in [1.54, 1.807) is 14.2 Å². The van der Waals surface area contributed by atoms with Crippen LogP contribution in [-0.4, -0.2) is 22.8 Å². The Morgan fingerprint density at radius 3 is 2.46 bits per heavy atom. The molecule has 1 heterocycles. The normalized spacial score (nSPS) is 10.4. The van der Waals surface area contributed by atoms with Crippen LogP contribution in [-0.2, 0) is 13.6 Å². The standard InChI is InChI=1S/C19H20N4O3/c1-23-18(20)15(12-22-23)19(24)21-11-13-7-9-14(10-8-13)26-17-6-4-3-5-16(17)25-2/h3-10,12H,11,20H2,1-2H3,(H,21,24). The molecule has 0 unspecified atom stereocenters. The SMILES string of the molecule is COc1ccccc1Oc1ccc(CNC(=O)c2cnn(C)c2N)cc1. The number of nitrogen functional groups attached to an aromatic ring is 1. The quantitative estimate of drug-likeness (QED) is 0.712. The van der Waals surface area contributed by atoms with E-state index in [-0.39, 0.29) is 5.91 Å². The number of nitrogens with one attached hydrogen (secondary N) is 1. The van der Waals surface area contributed by atoms with E-state index in [0.29, 0.717) is 35.2 Å². The molecule has 1 amide bonds. The molecule has 0 saturated carbocycles. The summed E-state index contributed by atoms with van der Waals surface area (Å²) < 4.78 is 12.6. The van der Waals surface area contributed by atoms with Crippen LogP contribution in [0, 0.1) is 0 Å². The number of ether oxygens (including phenoxy) is 2. The van der Waals surface area contributed by atoms with Gasteiger partial charge >= 0.3 is 0 Å². The second kappa shape index (κ2) is 7.60. The summed E-state index contributed by atoms with van der Waals surface area (Å²) in [6, 6.07) is 14.9. The van der Waals surface area contributed by atoms with E-state index in [1.165, 1.54) is 10.9 Å². The van der Waals surface area contributed by atoms with Crippen LogP contribution in [0.3, 0.4) is 0 Å². The first-order chi connectivity index (χ1) is 12.6. The summed E-state index contributed by atoms with van der Waals surface area (Å²) in [4.78, 5) is 12.1. The maximum atomic E-state index is 12.1. The molecule has 0 bridgehead atoms. The average molecular weight is 352 g/mol. The molecule has 0 aliphatic rings. The predicted octanol–water partition coefficient (Wildman–Crippen LogP) is 2.73. The van der Waals surface area contributed by atoms with E-state index in [4.69, 9.17) is 15.2 Å². The Morgan fingerprint density at radius 2 is 1.85 bits per heavy atom. The van der Waals surface area contributed by atoms with Crippen molar-refractivity contribution in [1.82, 2.24) is 15.1 Å². The number of amides is 1. The number of nitrogens with two attached hydrogens (primary N) is 1. The summed E-state index contributed by atoms with van der Waals surface area (Å²) in [5.41, 5.74) is 7.10. The Labute approximate surface area is 151 Å². The largest absolute Gasteiger partial charge is 0.493 e. The molecule has 0 aliphatic heterocycles. The maximum absolute atomic E-state index is 12.1. The van der Waals surface area contributed by atoms with Crippen molar-refractivity contribution in [3.05, 3.63) is 65.9 Å². The molecule has 0 aliphatic carbocycles. The fraction of sp³-hybridized carbons (Fsp3) is 0.158. The predicted molar refractivity (Wildman–Crippen MR) is 98.3 cm³/mol. The van der Waals surface area contributed by atoms with Crippen molar-refractivity contribution in [3.8, 4) is 17.2 Å². The molecule has 0 radical (unpaired) electrons. The van der Waals surface area contributed by atoms with Crippen LogP contribution in [0.4, 0.5) is 5.82 Å². The number of benzene rings is 2. The van der Waals surface area contributed by atoms with Crippen LogP contribution < -0.4 is 20.5 Å². The highest BCUT2D eigenvalue weighted by Gasteiger charge is 2.13. The van der Waals surface area contributed by atoms with Crippen LogP contribution in [0.25, 0.3) is 0 Å². The van der Waals surface area contributed by atoms with Crippen LogP contribution >= 0.6 is 0 Å². The molecular formula is C19H20N4O3. The Balaban J connectivity index is 1.61. The molecule has 26 heavy (non-hydrogen) atoms. The molecule has 1 aromatic heterocycles. The molecule has 2 aromatic carbocycles. The van der Waals surface area contributed by atoms with Gasteiger partial charge in [0.2, 0.25) is 0 Å². The van der Waals surface area contributed by atoms with Crippen LogP contribution in [0.5, 0.6) is 17.2 Å². The molecule has 3 N–H and O–H groups in total. The van der Waals surface area contributed by atoms with E-state index in [1.807, 2.05) is 48.5 Å². The number of para-hydroxylation sites is 2. The Kier molecular flexibility index (Phi) is 5.07. The fourth-order valence-corrected chi connectivity index (χ4v) is 2.40. The van der Waals surface area contributed by atoms with Gasteiger partial charge in [0.05, 0.1) is 13.3 Å². The molecule has 134 valence electrons. The molecule has 0 spiro atoms. The summed E-state index contributed by atoms with van der Waals surface area (Å²) in [6.07, 6.45) is 1.45. The van der Waals surface area contributed by atoms with Crippen molar-refractivity contribution in [3.63, 3.8) is 0 Å². The first-order valence-electron chi connectivity index (χ1n) is 8.04. The van der Waals surface area contributed by atoms with Crippen molar-refractivity contribution in [2.45, 2.75) is 6.54 Å². The summed E-state index contributed by atoms with van der Waals surface area (Å²) in [6.45, 7) is 0.377. The lowest BCUT2D eigenvalue weighted by Crippen LogP contribution is -2.23. The highest BCUT2D eigenvalue weighted by molar-refractivity contribution is 5.98. The molecule has 3 aromatic rings. The van der Waals surface area contributed by atoms with Gasteiger partial charge in [-0.25, -0.2) is 0 Å². The number of hydrogen-bond donors (Lipinski definition) is 2. The van der Waals surface area contributed by atoms with Gasteiger partial charge in [0.25, 0.3) is 5.91 Å². The zero-order valence-electron chi connectivity index (χ0n) is 14.6. The fourth-order valence-electron chi connectivity index (χ4n) is 2.40. The zero-order valence-corrected chi connectivity index (χ0v) is 14.6. The highest BCUT2D eigenvalue weighted by Crippen LogP contribution is 2.30. The number of methoxy groups -OCH3 is 1. The van der Waals surface area contributed by atoms with Crippen LogP contribution in [0.1, 0.15) is 15.9 Å². The molecule has 7 heteroatoms. The van der Waals surface area contributed by atoms with Crippen molar-refractivity contribution >= 4 is 11.7 Å². The second-order valence-electron chi connectivity index (χ2n) is 5.65.